The van der Waals surface area contributed by atoms with Crippen molar-refractivity contribution in [2.24, 2.45) is 0 Å². The van der Waals surface area contributed by atoms with Gasteiger partial charge in [-0.15, -0.1) is 0 Å². The van der Waals surface area contributed by atoms with Crippen molar-refractivity contribution in [3.8, 4) is 0 Å². The van der Waals surface area contributed by atoms with E-state index in [0.717, 1.165) is 44.8 Å². The number of amides is 1. The van der Waals surface area contributed by atoms with Crippen LogP contribution in [0.3, 0.4) is 0 Å². The average Bonchev–Trinajstić information content (AvgIpc) is 2.66. The highest BCUT2D eigenvalue weighted by Crippen LogP contribution is 2.25. The number of pyridine rings is 1. The average molecular weight is 377 g/mol. The highest BCUT2D eigenvalue weighted by molar-refractivity contribution is 5.93. The molecule has 0 aromatic carbocycles. The van der Waals surface area contributed by atoms with E-state index in [1.165, 1.54) is 0 Å². The van der Waals surface area contributed by atoms with Crippen LogP contribution in [0.1, 0.15) is 37.2 Å². The van der Waals surface area contributed by atoms with E-state index >= 15 is 0 Å². The summed E-state index contributed by atoms with van der Waals surface area (Å²) >= 11 is 0. The number of hydrogen-bond acceptors (Lipinski definition) is 6. The number of aromatic nitrogens is 1. The van der Waals surface area contributed by atoms with Crippen LogP contribution in [0.5, 0.6) is 0 Å². The Morgan fingerprint density at radius 2 is 1.96 bits per heavy atom. The quantitative estimate of drug-likeness (QED) is 0.841. The molecule has 0 bridgehead atoms. The molecule has 2 fully saturated rings. The molecule has 150 valence electrons. The first-order valence-electron chi connectivity index (χ1n) is 9.79. The van der Waals surface area contributed by atoms with Gasteiger partial charge in [-0.25, -0.2) is 0 Å². The highest BCUT2D eigenvalue weighted by atomic mass is 16.5. The van der Waals surface area contributed by atoms with Crippen molar-refractivity contribution >= 4 is 11.6 Å². The van der Waals surface area contributed by atoms with Crippen LogP contribution in [-0.4, -0.2) is 80.5 Å². The summed E-state index contributed by atoms with van der Waals surface area (Å²) in [5, 5.41) is 3.10. The van der Waals surface area contributed by atoms with Gasteiger partial charge in [0, 0.05) is 50.3 Å². The van der Waals surface area contributed by atoms with Gasteiger partial charge in [-0.2, -0.15) is 0 Å². The van der Waals surface area contributed by atoms with Gasteiger partial charge in [0.25, 0.3) is 5.91 Å². The van der Waals surface area contributed by atoms with E-state index in [4.69, 9.17) is 9.47 Å². The van der Waals surface area contributed by atoms with Crippen molar-refractivity contribution in [3.05, 3.63) is 24.0 Å². The number of nitrogens with zero attached hydrogens (tertiary/aromatic N) is 3. The minimum Gasteiger partial charge on any atom is -0.381 e. The van der Waals surface area contributed by atoms with Gasteiger partial charge in [0.15, 0.2) is 0 Å². The molecule has 7 heteroatoms. The molecule has 27 heavy (non-hydrogen) atoms. The largest absolute Gasteiger partial charge is 0.381 e. The molecule has 2 saturated heterocycles. The number of rotatable bonds is 5. The third kappa shape index (κ3) is 4.78. The van der Waals surface area contributed by atoms with E-state index in [1.54, 1.807) is 6.20 Å². The molecule has 0 aliphatic carbocycles. The van der Waals surface area contributed by atoms with Gasteiger partial charge >= 0.3 is 0 Å². The zero-order chi connectivity index (χ0) is 19.4. The Kier molecular flexibility index (Phi) is 6.34. The summed E-state index contributed by atoms with van der Waals surface area (Å²) in [6.45, 7) is 7.85. The van der Waals surface area contributed by atoms with Gasteiger partial charge in [-0.05, 0) is 52.9 Å². The Morgan fingerprint density at radius 1 is 1.30 bits per heavy atom. The molecule has 1 amide bonds. The zero-order valence-corrected chi connectivity index (χ0v) is 16.9. The standard InChI is InChI=1S/C20H32N4O3/c1-15-12-24(13-16(2)27-15)17-5-8-21-18(11-17)19(25)22-14-20(23(3)4)6-9-26-10-7-20/h5,8,11,15-16H,6-7,9-10,12-14H2,1-4H3,(H,22,25)/t15-,16-/m0/s1. The lowest BCUT2D eigenvalue weighted by molar-refractivity contribution is -0.00663. The number of ether oxygens (including phenoxy) is 2. The van der Waals surface area contributed by atoms with Gasteiger partial charge in [0.05, 0.1) is 12.2 Å². The summed E-state index contributed by atoms with van der Waals surface area (Å²) in [6.07, 6.45) is 3.89. The van der Waals surface area contributed by atoms with Crippen LogP contribution in [-0.2, 0) is 9.47 Å². The Bertz CT molecular complexity index is 636. The molecule has 7 nitrogen and oxygen atoms in total. The lowest BCUT2D eigenvalue weighted by atomic mass is 9.88. The topological polar surface area (TPSA) is 66.9 Å². The number of morpholine rings is 1. The zero-order valence-electron chi connectivity index (χ0n) is 16.9. The molecule has 0 spiro atoms. The van der Waals surface area contributed by atoms with E-state index in [2.05, 4.69) is 48.0 Å². The van der Waals surface area contributed by atoms with Crippen LogP contribution < -0.4 is 10.2 Å². The number of anilines is 1. The van der Waals surface area contributed by atoms with Crippen molar-refractivity contribution in [1.29, 1.82) is 0 Å². The third-order valence-corrected chi connectivity index (χ3v) is 5.71. The first-order chi connectivity index (χ1) is 12.9. The van der Waals surface area contributed by atoms with Crippen LogP contribution in [0.4, 0.5) is 5.69 Å². The van der Waals surface area contributed by atoms with E-state index in [-0.39, 0.29) is 23.7 Å². The molecule has 0 saturated carbocycles. The molecule has 2 atom stereocenters. The summed E-state index contributed by atoms with van der Waals surface area (Å²) in [5.41, 5.74) is 1.42. The Balaban J connectivity index is 1.66. The summed E-state index contributed by atoms with van der Waals surface area (Å²) in [5.74, 6) is -0.126. The summed E-state index contributed by atoms with van der Waals surface area (Å²) in [4.78, 5) is 21.5. The molecule has 1 aromatic heterocycles. The maximum absolute atomic E-state index is 12.7. The fourth-order valence-electron chi connectivity index (χ4n) is 4.00. The fourth-order valence-corrected chi connectivity index (χ4v) is 4.00. The van der Waals surface area contributed by atoms with Crippen LogP contribution in [0.15, 0.2) is 18.3 Å². The summed E-state index contributed by atoms with van der Waals surface area (Å²) < 4.78 is 11.3. The molecule has 3 heterocycles. The first-order valence-corrected chi connectivity index (χ1v) is 9.79. The van der Waals surface area contributed by atoms with Gasteiger partial charge in [-0.3, -0.25) is 9.78 Å². The Labute approximate surface area is 162 Å². The predicted octanol–water partition coefficient (Wildman–Crippen LogP) is 1.54. The van der Waals surface area contributed by atoms with Crippen molar-refractivity contribution < 1.29 is 14.3 Å². The molecule has 0 radical (unpaired) electrons. The van der Waals surface area contributed by atoms with E-state index < -0.39 is 0 Å². The minimum absolute atomic E-state index is 0.0550. The lowest BCUT2D eigenvalue weighted by Gasteiger charge is -2.42. The number of likely N-dealkylation sites (N-methyl/N-ethyl adjacent to an activating group) is 1. The maximum Gasteiger partial charge on any atom is 0.270 e. The van der Waals surface area contributed by atoms with Crippen LogP contribution >= 0.6 is 0 Å². The lowest BCUT2D eigenvalue weighted by Crippen LogP contribution is -2.55. The Morgan fingerprint density at radius 3 is 2.59 bits per heavy atom. The van der Waals surface area contributed by atoms with Crippen molar-refractivity contribution in [2.45, 2.75) is 44.4 Å². The summed E-state index contributed by atoms with van der Waals surface area (Å²) in [6, 6.07) is 3.84. The molecule has 0 unspecified atom stereocenters. The van der Waals surface area contributed by atoms with Gasteiger partial charge < -0.3 is 24.6 Å². The number of carbonyl (C=O) groups excluding carboxylic acids is 1. The van der Waals surface area contributed by atoms with Gasteiger partial charge in [-0.1, -0.05) is 0 Å². The first kappa shape index (κ1) is 20.0. The second-order valence-corrected chi connectivity index (χ2v) is 7.98. The Hall–Kier alpha value is -1.70. The number of carbonyl (C=O) groups is 1. The number of hydrogen-bond donors (Lipinski definition) is 1. The van der Waals surface area contributed by atoms with Crippen LogP contribution in [0.2, 0.25) is 0 Å². The maximum atomic E-state index is 12.7. The van der Waals surface area contributed by atoms with Crippen molar-refractivity contribution in [1.82, 2.24) is 15.2 Å². The third-order valence-electron chi connectivity index (χ3n) is 5.71. The van der Waals surface area contributed by atoms with Crippen molar-refractivity contribution in [2.75, 3.05) is 51.8 Å². The summed E-state index contributed by atoms with van der Waals surface area (Å²) in [7, 11) is 4.13. The molecular formula is C20H32N4O3. The highest BCUT2D eigenvalue weighted by Gasteiger charge is 2.35. The molecule has 1 aromatic rings. The second-order valence-electron chi connectivity index (χ2n) is 7.98. The SMILES string of the molecule is C[C@H]1CN(c2ccnc(C(=O)NCC3(N(C)C)CCOCC3)c2)C[C@H](C)O1. The monoisotopic (exact) mass is 376 g/mol. The van der Waals surface area contributed by atoms with E-state index in [1.807, 2.05) is 12.1 Å². The van der Waals surface area contributed by atoms with E-state index in [9.17, 15) is 4.79 Å². The fraction of sp³-hybridized carbons (Fsp3) is 0.700. The predicted molar refractivity (Wildman–Crippen MR) is 105 cm³/mol. The van der Waals surface area contributed by atoms with Gasteiger partial charge in [0.1, 0.15) is 5.69 Å². The molecule has 3 rings (SSSR count). The molecular weight excluding hydrogens is 344 g/mol. The van der Waals surface area contributed by atoms with Gasteiger partial charge in [0.2, 0.25) is 0 Å². The molecule has 2 aliphatic rings. The van der Waals surface area contributed by atoms with E-state index in [0.29, 0.717) is 12.2 Å². The smallest absolute Gasteiger partial charge is 0.270 e. The molecule has 1 N–H and O–H groups in total. The number of nitrogens with one attached hydrogen (secondary N) is 1. The minimum atomic E-state index is -0.126. The van der Waals surface area contributed by atoms with Crippen LogP contribution in [0, 0.1) is 0 Å². The molecule has 2 aliphatic heterocycles. The normalized spacial score (nSPS) is 25.4. The second kappa shape index (κ2) is 8.54. The van der Waals surface area contributed by atoms with Crippen molar-refractivity contribution in [3.63, 3.8) is 0 Å². The van der Waals surface area contributed by atoms with Crippen LogP contribution in [0.25, 0.3) is 0 Å².